The largest absolute Gasteiger partial charge is 0.397 e. The molecular weight excluding hydrogens is 252 g/mol. The molecule has 1 amide bonds. The van der Waals surface area contributed by atoms with Crippen LogP contribution in [-0.4, -0.2) is 15.9 Å². The molecule has 0 aliphatic carbocycles. The van der Waals surface area contributed by atoms with Crippen molar-refractivity contribution >= 4 is 29.0 Å². The summed E-state index contributed by atoms with van der Waals surface area (Å²) in [6.45, 7) is 1.81. The monoisotopic (exact) mass is 262 g/mol. The van der Waals surface area contributed by atoms with E-state index >= 15 is 0 Å². The molecule has 0 aromatic carbocycles. The molecule has 0 saturated carbocycles. The van der Waals surface area contributed by atoms with Gasteiger partial charge in [-0.05, 0) is 24.6 Å². The molecule has 0 radical (unpaired) electrons. The average molecular weight is 263 g/mol. The SMILES string of the molecule is Cc1cc(N)cnc1NC(=O)c1ccncc1Cl. The van der Waals surface area contributed by atoms with Gasteiger partial charge in [-0.1, -0.05) is 11.6 Å². The Balaban J connectivity index is 2.24. The van der Waals surface area contributed by atoms with Crippen molar-refractivity contribution in [3.63, 3.8) is 0 Å². The van der Waals surface area contributed by atoms with Gasteiger partial charge in [0.25, 0.3) is 5.91 Å². The predicted octanol–water partition coefficient (Wildman–Crippen LogP) is 2.27. The first-order chi connectivity index (χ1) is 8.58. The number of nitrogens with one attached hydrogen (secondary N) is 1. The molecule has 0 aliphatic rings. The summed E-state index contributed by atoms with van der Waals surface area (Å²) in [7, 11) is 0. The van der Waals surface area contributed by atoms with E-state index in [2.05, 4.69) is 15.3 Å². The number of aromatic nitrogens is 2. The number of amides is 1. The fourth-order valence-electron chi connectivity index (χ4n) is 1.46. The molecule has 6 heteroatoms. The first kappa shape index (κ1) is 12.3. The number of hydrogen-bond donors (Lipinski definition) is 2. The number of aryl methyl sites for hydroxylation is 1. The first-order valence-electron chi connectivity index (χ1n) is 5.21. The standard InChI is InChI=1S/C12H11ClN4O/c1-7-4-8(14)5-16-11(7)17-12(18)9-2-3-15-6-10(9)13/h2-6H,14H2,1H3,(H,16,17,18). The van der Waals surface area contributed by atoms with E-state index in [1.54, 1.807) is 12.1 Å². The number of nitrogens with two attached hydrogens (primary N) is 1. The van der Waals surface area contributed by atoms with Crippen LogP contribution >= 0.6 is 11.6 Å². The Morgan fingerprint density at radius 3 is 2.89 bits per heavy atom. The molecule has 3 N–H and O–H groups in total. The van der Waals surface area contributed by atoms with Crippen LogP contribution in [0.2, 0.25) is 5.02 Å². The van der Waals surface area contributed by atoms with Gasteiger partial charge in [0.15, 0.2) is 0 Å². The quantitative estimate of drug-likeness (QED) is 0.870. The van der Waals surface area contributed by atoms with Gasteiger partial charge in [-0.2, -0.15) is 0 Å². The zero-order valence-electron chi connectivity index (χ0n) is 9.64. The number of nitrogen functional groups attached to an aromatic ring is 1. The smallest absolute Gasteiger partial charge is 0.258 e. The number of carbonyl (C=O) groups is 1. The molecule has 0 fully saturated rings. The van der Waals surface area contributed by atoms with Gasteiger partial charge in [0, 0.05) is 12.4 Å². The maximum absolute atomic E-state index is 12.0. The maximum atomic E-state index is 12.0. The Morgan fingerprint density at radius 2 is 2.22 bits per heavy atom. The van der Waals surface area contributed by atoms with E-state index in [0.717, 1.165) is 5.56 Å². The highest BCUT2D eigenvalue weighted by Gasteiger charge is 2.12. The number of rotatable bonds is 2. The molecule has 18 heavy (non-hydrogen) atoms. The zero-order chi connectivity index (χ0) is 13.1. The van der Waals surface area contributed by atoms with Crippen molar-refractivity contribution in [2.24, 2.45) is 0 Å². The fraction of sp³-hybridized carbons (Fsp3) is 0.0833. The minimum atomic E-state index is -0.331. The summed E-state index contributed by atoms with van der Waals surface area (Å²) >= 11 is 5.89. The van der Waals surface area contributed by atoms with Crippen molar-refractivity contribution in [2.75, 3.05) is 11.1 Å². The number of nitrogens with zero attached hydrogens (tertiary/aromatic N) is 2. The van der Waals surface area contributed by atoms with Crippen LogP contribution in [0.4, 0.5) is 11.5 Å². The first-order valence-corrected chi connectivity index (χ1v) is 5.58. The van der Waals surface area contributed by atoms with Crippen molar-refractivity contribution in [3.8, 4) is 0 Å². The van der Waals surface area contributed by atoms with Crippen LogP contribution in [0.3, 0.4) is 0 Å². The van der Waals surface area contributed by atoms with Gasteiger partial charge in [0.1, 0.15) is 5.82 Å². The summed E-state index contributed by atoms with van der Waals surface area (Å²) in [5.41, 5.74) is 7.27. The van der Waals surface area contributed by atoms with E-state index in [1.165, 1.54) is 18.6 Å². The third-order valence-corrected chi connectivity index (χ3v) is 2.65. The van der Waals surface area contributed by atoms with E-state index < -0.39 is 0 Å². The maximum Gasteiger partial charge on any atom is 0.258 e. The summed E-state index contributed by atoms with van der Waals surface area (Å²) in [5, 5.41) is 2.97. The molecule has 0 unspecified atom stereocenters. The van der Waals surface area contributed by atoms with Crippen LogP contribution in [0.1, 0.15) is 15.9 Å². The number of carbonyl (C=O) groups excluding carboxylic acids is 1. The molecule has 0 aliphatic heterocycles. The third kappa shape index (κ3) is 2.57. The van der Waals surface area contributed by atoms with Crippen molar-refractivity contribution in [2.45, 2.75) is 6.92 Å². The van der Waals surface area contributed by atoms with Gasteiger partial charge in [-0.15, -0.1) is 0 Å². The molecule has 0 saturated heterocycles. The molecule has 2 aromatic heterocycles. The Hall–Kier alpha value is -2.14. The Morgan fingerprint density at radius 1 is 1.44 bits per heavy atom. The van der Waals surface area contributed by atoms with Gasteiger partial charge < -0.3 is 11.1 Å². The van der Waals surface area contributed by atoms with Crippen molar-refractivity contribution < 1.29 is 4.79 Å². The molecule has 0 atom stereocenters. The fourth-order valence-corrected chi connectivity index (χ4v) is 1.67. The van der Waals surface area contributed by atoms with Gasteiger partial charge >= 0.3 is 0 Å². The lowest BCUT2D eigenvalue weighted by molar-refractivity contribution is 0.102. The zero-order valence-corrected chi connectivity index (χ0v) is 10.4. The summed E-state index contributed by atoms with van der Waals surface area (Å²) in [6.07, 6.45) is 4.40. The van der Waals surface area contributed by atoms with Crippen molar-refractivity contribution in [1.29, 1.82) is 0 Å². The molecule has 2 aromatic rings. The van der Waals surface area contributed by atoms with Crippen LogP contribution < -0.4 is 11.1 Å². The lowest BCUT2D eigenvalue weighted by Gasteiger charge is -2.08. The number of anilines is 2. The minimum absolute atomic E-state index is 0.295. The predicted molar refractivity (Wildman–Crippen MR) is 70.6 cm³/mol. The van der Waals surface area contributed by atoms with Gasteiger partial charge in [0.2, 0.25) is 0 Å². The van der Waals surface area contributed by atoms with E-state index in [-0.39, 0.29) is 5.91 Å². The van der Waals surface area contributed by atoms with Crippen LogP contribution in [0.15, 0.2) is 30.7 Å². The lowest BCUT2D eigenvalue weighted by atomic mass is 10.2. The summed E-state index contributed by atoms with van der Waals surface area (Å²) in [6, 6.07) is 3.28. The van der Waals surface area contributed by atoms with Crippen LogP contribution in [0.25, 0.3) is 0 Å². The second-order valence-corrected chi connectivity index (χ2v) is 4.15. The lowest BCUT2D eigenvalue weighted by Crippen LogP contribution is -2.14. The highest BCUT2D eigenvalue weighted by atomic mass is 35.5. The summed E-state index contributed by atoms with van der Waals surface area (Å²) in [4.78, 5) is 19.9. The highest BCUT2D eigenvalue weighted by molar-refractivity contribution is 6.34. The van der Waals surface area contributed by atoms with E-state index in [4.69, 9.17) is 17.3 Å². The molecule has 2 heterocycles. The second kappa shape index (κ2) is 5.01. The van der Waals surface area contributed by atoms with Crippen LogP contribution in [0.5, 0.6) is 0 Å². The van der Waals surface area contributed by atoms with E-state index in [1.807, 2.05) is 6.92 Å². The number of pyridine rings is 2. The summed E-state index contributed by atoms with van der Waals surface area (Å²) < 4.78 is 0. The molecule has 0 bridgehead atoms. The van der Waals surface area contributed by atoms with Gasteiger partial charge in [-0.25, -0.2) is 4.98 Å². The Labute approximate surface area is 109 Å². The second-order valence-electron chi connectivity index (χ2n) is 3.74. The Bertz CT molecular complexity index is 600. The topological polar surface area (TPSA) is 80.9 Å². The highest BCUT2D eigenvalue weighted by Crippen LogP contribution is 2.18. The van der Waals surface area contributed by atoms with Crippen molar-refractivity contribution in [3.05, 3.63) is 46.9 Å². The minimum Gasteiger partial charge on any atom is -0.397 e. The molecule has 0 spiro atoms. The molecular formula is C12H11ClN4O. The van der Waals surface area contributed by atoms with Gasteiger partial charge in [0.05, 0.1) is 22.5 Å². The Kier molecular flexibility index (Phi) is 3.43. The van der Waals surface area contributed by atoms with E-state index in [9.17, 15) is 4.79 Å². The molecule has 92 valence electrons. The van der Waals surface area contributed by atoms with Crippen LogP contribution in [-0.2, 0) is 0 Å². The average Bonchev–Trinajstić information content (AvgIpc) is 2.33. The third-order valence-electron chi connectivity index (χ3n) is 2.35. The van der Waals surface area contributed by atoms with E-state index in [0.29, 0.717) is 22.1 Å². The van der Waals surface area contributed by atoms with Gasteiger partial charge in [-0.3, -0.25) is 9.78 Å². The number of hydrogen-bond acceptors (Lipinski definition) is 4. The van der Waals surface area contributed by atoms with Crippen molar-refractivity contribution in [1.82, 2.24) is 9.97 Å². The normalized spacial score (nSPS) is 10.1. The van der Waals surface area contributed by atoms with Crippen LogP contribution in [0, 0.1) is 6.92 Å². The summed E-state index contributed by atoms with van der Waals surface area (Å²) in [5.74, 6) is 0.129. The number of halogens is 1. The molecule has 5 nitrogen and oxygen atoms in total. The molecule has 2 rings (SSSR count).